The zero-order chi connectivity index (χ0) is 14.6. The van der Waals surface area contributed by atoms with Crippen LogP contribution in [0.1, 0.15) is 5.69 Å². The first-order chi connectivity index (χ1) is 9.48. The summed E-state index contributed by atoms with van der Waals surface area (Å²) in [4.78, 5) is 10.6. The summed E-state index contributed by atoms with van der Waals surface area (Å²) in [5, 5.41) is 0. The van der Waals surface area contributed by atoms with E-state index < -0.39 is 9.84 Å². The zero-order valence-electron chi connectivity index (χ0n) is 11.7. The molecule has 2 rings (SSSR count). The zero-order valence-corrected chi connectivity index (χ0v) is 15.7. The van der Waals surface area contributed by atoms with Crippen LogP contribution in [0.2, 0.25) is 0 Å². The van der Waals surface area contributed by atoms with E-state index in [1.54, 1.807) is 18.3 Å². The SMILES string of the molecule is CS(=O)(=O)c1cccnc1CN=C(N)N1CCSCC1.I. The molecule has 1 aliphatic rings. The molecule has 6 nitrogen and oxygen atoms in total. The average Bonchev–Trinajstić information content (AvgIpc) is 2.45. The lowest BCUT2D eigenvalue weighted by Crippen LogP contribution is -2.42. The monoisotopic (exact) mass is 442 g/mol. The largest absolute Gasteiger partial charge is 0.370 e. The van der Waals surface area contributed by atoms with Gasteiger partial charge in [-0.3, -0.25) is 4.98 Å². The number of hydrogen-bond donors (Lipinski definition) is 1. The van der Waals surface area contributed by atoms with Gasteiger partial charge >= 0.3 is 0 Å². The molecule has 0 aromatic carbocycles. The van der Waals surface area contributed by atoms with Crippen LogP contribution in [0.3, 0.4) is 0 Å². The van der Waals surface area contributed by atoms with Crippen LogP contribution in [-0.2, 0) is 16.4 Å². The van der Waals surface area contributed by atoms with Crippen molar-refractivity contribution in [1.29, 1.82) is 0 Å². The van der Waals surface area contributed by atoms with E-state index >= 15 is 0 Å². The number of hydrogen-bond acceptors (Lipinski definition) is 5. The van der Waals surface area contributed by atoms with Crippen LogP contribution in [0.25, 0.3) is 0 Å². The number of aliphatic imine (C=N–C) groups is 1. The van der Waals surface area contributed by atoms with Crippen molar-refractivity contribution < 1.29 is 8.42 Å². The van der Waals surface area contributed by atoms with Gasteiger partial charge in [0, 0.05) is 37.0 Å². The van der Waals surface area contributed by atoms with Gasteiger partial charge in [0.25, 0.3) is 0 Å². The van der Waals surface area contributed by atoms with Gasteiger partial charge in [0.15, 0.2) is 15.8 Å². The Kier molecular flexibility index (Phi) is 7.21. The number of sulfone groups is 1. The first-order valence-electron chi connectivity index (χ1n) is 6.25. The van der Waals surface area contributed by atoms with Crippen LogP contribution >= 0.6 is 35.7 Å². The molecule has 0 aliphatic carbocycles. The van der Waals surface area contributed by atoms with Gasteiger partial charge in [0.1, 0.15) is 0 Å². The minimum absolute atomic E-state index is 0. The normalized spacial score (nSPS) is 16.4. The minimum atomic E-state index is -3.30. The summed E-state index contributed by atoms with van der Waals surface area (Å²) >= 11 is 1.89. The summed E-state index contributed by atoms with van der Waals surface area (Å²) in [6.07, 6.45) is 2.73. The van der Waals surface area contributed by atoms with Crippen LogP contribution < -0.4 is 5.73 Å². The summed E-state index contributed by atoms with van der Waals surface area (Å²) in [6, 6.07) is 3.15. The highest BCUT2D eigenvalue weighted by Gasteiger charge is 2.15. The molecule has 0 spiro atoms. The smallest absolute Gasteiger partial charge is 0.191 e. The molecule has 1 aromatic heterocycles. The molecule has 2 heterocycles. The number of nitrogens with two attached hydrogens (primary N) is 1. The van der Waals surface area contributed by atoms with E-state index in [4.69, 9.17) is 5.73 Å². The highest BCUT2D eigenvalue weighted by atomic mass is 127. The number of pyridine rings is 1. The summed E-state index contributed by atoms with van der Waals surface area (Å²) in [5.41, 5.74) is 6.38. The molecule has 0 saturated carbocycles. The van der Waals surface area contributed by atoms with Crippen molar-refractivity contribution in [3.8, 4) is 0 Å². The fraction of sp³-hybridized carbons (Fsp3) is 0.500. The van der Waals surface area contributed by atoms with Gasteiger partial charge < -0.3 is 10.6 Å². The summed E-state index contributed by atoms with van der Waals surface area (Å²) in [7, 11) is -3.30. The van der Waals surface area contributed by atoms with Crippen molar-refractivity contribution in [2.24, 2.45) is 10.7 Å². The summed E-state index contributed by atoms with van der Waals surface area (Å²) in [6.45, 7) is 1.93. The van der Waals surface area contributed by atoms with Crippen molar-refractivity contribution >= 4 is 51.5 Å². The van der Waals surface area contributed by atoms with Gasteiger partial charge in [-0.2, -0.15) is 11.8 Å². The Labute approximate surface area is 146 Å². The van der Waals surface area contributed by atoms with Crippen LogP contribution in [0.4, 0.5) is 0 Å². The van der Waals surface area contributed by atoms with E-state index in [9.17, 15) is 8.42 Å². The molecule has 0 atom stereocenters. The van der Waals surface area contributed by atoms with Crippen molar-refractivity contribution in [2.75, 3.05) is 30.9 Å². The highest BCUT2D eigenvalue weighted by Crippen LogP contribution is 2.14. The molecule has 0 unspecified atom stereocenters. The number of halogens is 1. The Balaban J connectivity index is 0.00000220. The minimum Gasteiger partial charge on any atom is -0.370 e. The maximum Gasteiger partial charge on any atom is 0.191 e. The Bertz CT molecular complexity index is 601. The molecule has 0 bridgehead atoms. The lowest BCUT2D eigenvalue weighted by Gasteiger charge is -2.27. The molecule has 1 saturated heterocycles. The van der Waals surface area contributed by atoms with Crippen LogP contribution in [-0.4, -0.2) is 55.1 Å². The Morgan fingerprint density at radius 1 is 1.48 bits per heavy atom. The standard InChI is InChI=1S/C12H18N4O2S2.HI/c1-20(17,18)11-3-2-4-14-10(11)9-15-12(13)16-5-7-19-8-6-16;/h2-4H,5-9H2,1H3,(H2,13,15);1H. The second kappa shape index (κ2) is 8.18. The fourth-order valence-electron chi connectivity index (χ4n) is 1.93. The van der Waals surface area contributed by atoms with Crippen molar-refractivity contribution in [3.63, 3.8) is 0 Å². The molecule has 118 valence electrons. The van der Waals surface area contributed by atoms with Crippen molar-refractivity contribution in [1.82, 2.24) is 9.88 Å². The average molecular weight is 442 g/mol. The number of guanidine groups is 1. The van der Waals surface area contributed by atoms with Gasteiger partial charge in [-0.15, -0.1) is 24.0 Å². The van der Waals surface area contributed by atoms with Crippen LogP contribution in [0, 0.1) is 0 Å². The third-order valence-corrected chi connectivity index (χ3v) is 5.09. The molecular formula is C12H19IN4O2S2. The van der Waals surface area contributed by atoms with E-state index in [1.165, 1.54) is 6.26 Å². The molecule has 0 radical (unpaired) electrons. The van der Waals surface area contributed by atoms with E-state index in [1.807, 2.05) is 16.7 Å². The number of rotatable bonds is 3. The lowest BCUT2D eigenvalue weighted by atomic mass is 10.3. The molecule has 21 heavy (non-hydrogen) atoms. The van der Waals surface area contributed by atoms with Crippen molar-refractivity contribution in [3.05, 3.63) is 24.0 Å². The van der Waals surface area contributed by atoms with E-state index in [-0.39, 0.29) is 35.4 Å². The van der Waals surface area contributed by atoms with E-state index in [2.05, 4.69) is 9.98 Å². The Hall–Kier alpha value is -0.550. The predicted octanol–water partition coefficient (Wildman–Crippen LogP) is 0.967. The van der Waals surface area contributed by atoms with Crippen molar-refractivity contribution in [2.45, 2.75) is 11.4 Å². The number of aromatic nitrogens is 1. The van der Waals surface area contributed by atoms with Crippen LogP contribution in [0.5, 0.6) is 0 Å². The highest BCUT2D eigenvalue weighted by molar-refractivity contribution is 14.0. The molecular weight excluding hydrogens is 423 g/mol. The third-order valence-electron chi connectivity index (χ3n) is 2.97. The quantitative estimate of drug-likeness (QED) is 0.427. The molecule has 2 N–H and O–H groups in total. The van der Waals surface area contributed by atoms with Gasteiger partial charge in [0.2, 0.25) is 0 Å². The molecule has 0 amide bonds. The second-order valence-electron chi connectivity index (χ2n) is 4.49. The fourth-order valence-corrected chi connectivity index (χ4v) is 3.70. The van der Waals surface area contributed by atoms with Gasteiger partial charge in [-0.05, 0) is 12.1 Å². The predicted molar refractivity (Wildman–Crippen MR) is 97.0 cm³/mol. The first kappa shape index (κ1) is 18.5. The number of thioether (sulfide) groups is 1. The molecule has 1 fully saturated rings. The van der Waals surface area contributed by atoms with Gasteiger partial charge in [-0.1, -0.05) is 0 Å². The maximum atomic E-state index is 11.7. The molecule has 1 aliphatic heterocycles. The van der Waals surface area contributed by atoms with Gasteiger partial charge in [-0.25, -0.2) is 13.4 Å². The third kappa shape index (κ3) is 5.29. The van der Waals surface area contributed by atoms with E-state index in [0.29, 0.717) is 11.7 Å². The summed E-state index contributed by atoms with van der Waals surface area (Å²) in [5.74, 6) is 2.53. The maximum absolute atomic E-state index is 11.7. The van der Waals surface area contributed by atoms with Crippen LogP contribution in [0.15, 0.2) is 28.2 Å². The molecule has 9 heteroatoms. The summed E-state index contributed by atoms with van der Waals surface area (Å²) < 4.78 is 23.3. The lowest BCUT2D eigenvalue weighted by molar-refractivity contribution is 0.455. The molecule has 1 aromatic rings. The Morgan fingerprint density at radius 2 is 2.14 bits per heavy atom. The first-order valence-corrected chi connectivity index (χ1v) is 9.29. The second-order valence-corrected chi connectivity index (χ2v) is 7.70. The van der Waals surface area contributed by atoms with Gasteiger partial charge in [0.05, 0.1) is 17.1 Å². The Morgan fingerprint density at radius 3 is 2.76 bits per heavy atom. The number of nitrogens with zero attached hydrogens (tertiary/aromatic N) is 3. The topological polar surface area (TPSA) is 88.6 Å². The van der Waals surface area contributed by atoms with E-state index in [0.717, 1.165) is 24.6 Å².